The van der Waals surface area contributed by atoms with Crippen LogP contribution in [0.15, 0.2) is 18.2 Å². The van der Waals surface area contributed by atoms with Crippen molar-refractivity contribution >= 4 is 5.97 Å². The van der Waals surface area contributed by atoms with Gasteiger partial charge in [-0.25, -0.2) is 0 Å². The van der Waals surface area contributed by atoms with Gasteiger partial charge in [-0.15, -0.1) is 0 Å². The molecule has 112 valence electrons. The van der Waals surface area contributed by atoms with Crippen LogP contribution in [0.5, 0.6) is 11.5 Å². The summed E-state index contributed by atoms with van der Waals surface area (Å²) >= 11 is 0. The maximum atomic E-state index is 11.6. The van der Waals surface area contributed by atoms with Gasteiger partial charge >= 0.3 is 5.97 Å². The quantitative estimate of drug-likeness (QED) is 0.373. The van der Waals surface area contributed by atoms with Gasteiger partial charge in [0, 0.05) is 6.61 Å². The van der Waals surface area contributed by atoms with Crippen LogP contribution in [0, 0.1) is 0 Å². The van der Waals surface area contributed by atoms with E-state index in [-0.39, 0.29) is 24.5 Å². The highest BCUT2D eigenvalue weighted by molar-refractivity contribution is 5.75. The van der Waals surface area contributed by atoms with Crippen LogP contribution in [0.3, 0.4) is 0 Å². The van der Waals surface area contributed by atoms with Gasteiger partial charge in [-0.1, -0.05) is 13.0 Å². The second kappa shape index (κ2) is 8.39. The first-order valence-electron chi connectivity index (χ1n) is 6.55. The van der Waals surface area contributed by atoms with E-state index >= 15 is 0 Å². The van der Waals surface area contributed by atoms with Crippen molar-refractivity contribution in [2.45, 2.75) is 25.8 Å². The summed E-state index contributed by atoms with van der Waals surface area (Å²) < 4.78 is 10.2. The summed E-state index contributed by atoms with van der Waals surface area (Å²) in [5.74, 6) is -0.966. The minimum atomic E-state index is -0.815. The molecule has 0 aliphatic carbocycles. The highest BCUT2D eigenvalue weighted by Gasteiger charge is 2.16. The summed E-state index contributed by atoms with van der Waals surface area (Å²) in [6, 6.07) is 3.49. The Bertz CT molecular complexity index is 436. The summed E-state index contributed by atoms with van der Waals surface area (Å²) in [5.41, 5.74) is 6.36. The second-order valence-corrected chi connectivity index (χ2v) is 4.41. The zero-order valence-corrected chi connectivity index (χ0v) is 11.5. The molecule has 0 saturated carbocycles. The maximum absolute atomic E-state index is 11.6. The van der Waals surface area contributed by atoms with Crippen LogP contribution < -0.4 is 5.73 Å². The van der Waals surface area contributed by atoms with Gasteiger partial charge < -0.3 is 25.4 Å². The summed E-state index contributed by atoms with van der Waals surface area (Å²) in [6.07, 6.45) is 1.14. The van der Waals surface area contributed by atoms with Gasteiger partial charge in [-0.05, 0) is 30.5 Å². The highest BCUT2D eigenvalue weighted by Crippen LogP contribution is 2.25. The number of ether oxygens (including phenoxy) is 2. The van der Waals surface area contributed by atoms with E-state index in [1.54, 1.807) is 6.07 Å². The fourth-order valence-electron chi connectivity index (χ4n) is 1.59. The number of phenols is 2. The van der Waals surface area contributed by atoms with E-state index in [4.69, 9.17) is 15.2 Å². The van der Waals surface area contributed by atoms with Crippen LogP contribution in [-0.4, -0.2) is 42.0 Å². The minimum absolute atomic E-state index is 0.174. The lowest BCUT2D eigenvalue weighted by Crippen LogP contribution is -2.35. The molecule has 0 aliphatic heterocycles. The number of nitrogens with two attached hydrogens (primary N) is 1. The molecule has 0 aromatic heterocycles. The molecule has 0 saturated heterocycles. The normalized spacial score (nSPS) is 12.1. The molecule has 6 heteroatoms. The molecule has 0 fully saturated rings. The Morgan fingerprint density at radius 3 is 2.65 bits per heavy atom. The Kier molecular flexibility index (Phi) is 6.83. The molecule has 0 heterocycles. The van der Waals surface area contributed by atoms with Crippen molar-refractivity contribution in [3.05, 3.63) is 23.8 Å². The zero-order valence-electron chi connectivity index (χ0n) is 11.5. The van der Waals surface area contributed by atoms with Crippen molar-refractivity contribution in [2.24, 2.45) is 5.73 Å². The molecule has 0 amide bonds. The summed E-state index contributed by atoms with van der Waals surface area (Å²) in [5, 5.41) is 18.5. The number of hydrogen-bond donors (Lipinski definition) is 3. The second-order valence-electron chi connectivity index (χ2n) is 4.41. The lowest BCUT2D eigenvalue weighted by molar-refractivity contribution is -0.146. The van der Waals surface area contributed by atoms with E-state index in [2.05, 4.69) is 0 Å². The van der Waals surface area contributed by atoms with E-state index in [9.17, 15) is 15.0 Å². The first-order chi connectivity index (χ1) is 9.54. The van der Waals surface area contributed by atoms with Gasteiger partial charge in [0.25, 0.3) is 0 Å². The van der Waals surface area contributed by atoms with Crippen LogP contribution in [0.1, 0.15) is 18.9 Å². The van der Waals surface area contributed by atoms with E-state index < -0.39 is 12.0 Å². The number of carbonyl (C=O) groups excluding carboxylic acids is 1. The van der Waals surface area contributed by atoms with Gasteiger partial charge in [0.2, 0.25) is 0 Å². The predicted molar refractivity (Wildman–Crippen MR) is 73.5 cm³/mol. The van der Waals surface area contributed by atoms with Gasteiger partial charge in [0.1, 0.15) is 12.6 Å². The van der Waals surface area contributed by atoms with Crippen molar-refractivity contribution in [1.29, 1.82) is 0 Å². The molecule has 0 unspecified atom stereocenters. The Labute approximate surface area is 118 Å². The molecular formula is C14H21NO5. The van der Waals surface area contributed by atoms with E-state index in [1.165, 1.54) is 12.1 Å². The molecule has 20 heavy (non-hydrogen) atoms. The van der Waals surface area contributed by atoms with Crippen LogP contribution in [0.4, 0.5) is 0 Å². The molecule has 1 aromatic rings. The highest BCUT2D eigenvalue weighted by atomic mass is 16.6. The van der Waals surface area contributed by atoms with Crippen molar-refractivity contribution < 1.29 is 24.5 Å². The fourth-order valence-corrected chi connectivity index (χ4v) is 1.59. The largest absolute Gasteiger partial charge is 0.504 e. The van der Waals surface area contributed by atoms with E-state index in [1.807, 2.05) is 6.92 Å². The molecule has 4 N–H and O–H groups in total. The average molecular weight is 283 g/mol. The van der Waals surface area contributed by atoms with Crippen molar-refractivity contribution in [2.75, 3.05) is 19.8 Å². The Morgan fingerprint density at radius 1 is 1.25 bits per heavy atom. The topological polar surface area (TPSA) is 102 Å². The number of carbonyl (C=O) groups is 1. The first kappa shape index (κ1) is 16.3. The molecular weight excluding hydrogens is 262 g/mol. The van der Waals surface area contributed by atoms with Gasteiger partial charge in [-0.3, -0.25) is 4.79 Å². The van der Waals surface area contributed by atoms with Gasteiger partial charge in [0.15, 0.2) is 11.5 Å². The Balaban J connectivity index is 2.35. The molecule has 0 aliphatic rings. The van der Waals surface area contributed by atoms with Gasteiger partial charge in [0.05, 0.1) is 6.61 Å². The molecule has 6 nitrogen and oxygen atoms in total. The summed E-state index contributed by atoms with van der Waals surface area (Å²) in [4.78, 5) is 11.6. The number of phenolic OH excluding ortho intramolecular Hbond substituents is 2. The standard InChI is InChI=1S/C14H21NO5/c1-2-5-19-6-7-20-14(18)11(15)8-10-3-4-12(16)13(17)9-10/h3-4,9,11,16-17H,2,5-8,15H2,1H3/t11-/m0/s1. The van der Waals surface area contributed by atoms with Crippen LogP contribution >= 0.6 is 0 Å². The molecule has 1 aromatic carbocycles. The number of benzene rings is 1. The third-order valence-corrected chi connectivity index (χ3v) is 2.62. The van der Waals surface area contributed by atoms with Crippen molar-refractivity contribution in [1.82, 2.24) is 0 Å². The molecule has 0 bridgehead atoms. The molecule has 0 radical (unpaired) electrons. The smallest absolute Gasteiger partial charge is 0.323 e. The average Bonchev–Trinajstić information content (AvgIpc) is 2.42. The van der Waals surface area contributed by atoms with Crippen molar-refractivity contribution in [3.8, 4) is 11.5 Å². The van der Waals surface area contributed by atoms with Crippen LogP contribution in [0.2, 0.25) is 0 Å². The molecule has 1 atom stereocenters. The summed E-state index contributed by atoms with van der Waals surface area (Å²) in [7, 11) is 0. The monoisotopic (exact) mass is 283 g/mol. The SMILES string of the molecule is CCCOCCOC(=O)[C@@H](N)Cc1ccc(O)c(O)c1. The summed E-state index contributed by atoms with van der Waals surface area (Å²) in [6.45, 7) is 3.16. The number of aromatic hydroxyl groups is 2. The maximum Gasteiger partial charge on any atom is 0.323 e. The Morgan fingerprint density at radius 2 is 2.00 bits per heavy atom. The fraction of sp³-hybridized carbons (Fsp3) is 0.500. The predicted octanol–water partition coefficient (Wildman–Crippen LogP) is 0.937. The lowest BCUT2D eigenvalue weighted by atomic mass is 10.1. The zero-order chi connectivity index (χ0) is 15.0. The molecule has 0 spiro atoms. The number of esters is 1. The first-order valence-corrected chi connectivity index (χ1v) is 6.55. The lowest BCUT2D eigenvalue weighted by Gasteiger charge is -2.12. The number of hydrogen-bond acceptors (Lipinski definition) is 6. The van der Waals surface area contributed by atoms with Crippen LogP contribution in [-0.2, 0) is 20.7 Å². The van der Waals surface area contributed by atoms with Crippen LogP contribution in [0.25, 0.3) is 0 Å². The van der Waals surface area contributed by atoms with E-state index in [0.29, 0.717) is 18.8 Å². The van der Waals surface area contributed by atoms with Crippen molar-refractivity contribution in [3.63, 3.8) is 0 Å². The third-order valence-electron chi connectivity index (χ3n) is 2.62. The third kappa shape index (κ3) is 5.46. The molecule has 1 rings (SSSR count). The minimum Gasteiger partial charge on any atom is -0.504 e. The van der Waals surface area contributed by atoms with Gasteiger partial charge in [-0.2, -0.15) is 0 Å². The number of rotatable bonds is 8. The van der Waals surface area contributed by atoms with E-state index in [0.717, 1.165) is 6.42 Å². The Hall–Kier alpha value is -1.79.